The summed E-state index contributed by atoms with van der Waals surface area (Å²) < 4.78 is 39.8. The first-order valence-electron chi connectivity index (χ1n) is 6.45. The van der Waals surface area contributed by atoms with Gasteiger partial charge in [0.15, 0.2) is 5.13 Å². The molecule has 21 heavy (non-hydrogen) atoms. The lowest BCUT2D eigenvalue weighted by Gasteiger charge is -2.09. The predicted octanol–water partition coefficient (Wildman–Crippen LogP) is 2.72. The van der Waals surface area contributed by atoms with E-state index in [0.717, 1.165) is 18.7 Å². The number of aromatic nitrogens is 1. The molecule has 2 N–H and O–H groups in total. The number of nitrogens with zero attached hydrogens (tertiary/aromatic N) is 1. The van der Waals surface area contributed by atoms with Crippen molar-refractivity contribution in [2.24, 2.45) is 0 Å². The quantitative estimate of drug-likeness (QED) is 0.771. The van der Waals surface area contributed by atoms with Crippen LogP contribution >= 0.6 is 11.3 Å². The minimum atomic E-state index is -4.44. The second-order valence-corrected chi connectivity index (χ2v) is 5.27. The zero-order valence-electron chi connectivity index (χ0n) is 11.8. The maximum atomic E-state index is 11.9. The largest absolute Gasteiger partial charge is 0.411 e. The number of amides is 1. The molecule has 1 aromatic rings. The van der Waals surface area contributed by atoms with Gasteiger partial charge in [0.25, 0.3) is 5.91 Å². The van der Waals surface area contributed by atoms with Crippen LogP contribution in [0.1, 0.15) is 32.0 Å². The summed E-state index contributed by atoms with van der Waals surface area (Å²) >= 11 is 1.22. The molecule has 0 fully saturated rings. The first-order chi connectivity index (χ1) is 9.81. The minimum Gasteiger partial charge on any atom is -0.362 e. The van der Waals surface area contributed by atoms with E-state index in [-0.39, 0.29) is 6.04 Å². The molecule has 1 rings (SSSR count). The van der Waals surface area contributed by atoms with Gasteiger partial charge in [0.1, 0.15) is 13.2 Å². The van der Waals surface area contributed by atoms with E-state index >= 15 is 0 Å². The Morgan fingerprint density at radius 2 is 2.24 bits per heavy atom. The van der Waals surface area contributed by atoms with Gasteiger partial charge >= 0.3 is 6.18 Å². The summed E-state index contributed by atoms with van der Waals surface area (Å²) in [5.74, 6) is -0.658. The van der Waals surface area contributed by atoms with Crippen LogP contribution in [0.5, 0.6) is 0 Å². The van der Waals surface area contributed by atoms with Gasteiger partial charge in [0.2, 0.25) is 0 Å². The van der Waals surface area contributed by atoms with Crippen LogP contribution in [-0.4, -0.2) is 36.8 Å². The van der Waals surface area contributed by atoms with Crippen LogP contribution in [0.3, 0.4) is 0 Å². The van der Waals surface area contributed by atoms with Gasteiger partial charge in [-0.1, -0.05) is 6.92 Å². The summed E-state index contributed by atoms with van der Waals surface area (Å²) in [5, 5.41) is 7.79. The fourth-order valence-electron chi connectivity index (χ4n) is 1.42. The monoisotopic (exact) mass is 325 g/mol. The number of ether oxygens (including phenoxy) is 1. The Morgan fingerprint density at radius 1 is 1.52 bits per heavy atom. The smallest absolute Gasteiger partial charge is 0.362 e. The van der Waals surface area contributed by atoms with Gasteiger partial charge in [-0.3, -0.25) is 10.1 Å². The molecule has 120 valence electrons. The number of alkyl halides is 3. The van der Waals surface area contributed by atoms with Crippen LogP contribution in [0.25, 0.3) is 0 Å². The molecule has 0 aromatic carbocycles. The Hall–Kier alpha value is -1.19. The van der Waals surface area contributed by atoms with Gasteiger partial charge in [-0.25, -0.2) is 4.98 Å². The fraction of sp³-hybridized carbons (Fsp3) is 0.667. The zero-order valence-corrected chi connectivity index (χ0v) is 12.6. The van der Waals surface area contributed by atoms with E-state index in [0.29, 0.717) is 5.13 Å². The van der Waals surface area contributed by atoms with Gasteiger partial charge in [-0.05, 0) is 19.9 Å². The zero-order chi connectivity index (χ0) is 15.9. The van der Waals surface area contributed by atoms with Crippen LogP contribution < -0.4 is 10.6 Å². The van der Waals surface area contributed by atoms with Crippen LogP contribution in [0.2, 0.25) is 0 Å². The van der Waals surface area contributed by atoms with E-state index in [1.54, 1.807) is 5.38 Å². The van der Waals surface area contributed by atoms with Crippen molar-refractivity contribution in [1.82, 2.24) is 10.3 Å². The number of thiazole rings is 1. The molecule has 1 unspecified atom stereocenters. The summed E-state index contributed by atoms with van der Waals surface area (Å²) in [6, 6.07) is 0.0494. The summed E-state index contributed by atoms with van der Waals surface area (Å²) in [4.78, 5) is 15.6. The number of anilines is 1. The van der Waals surface area contributed by atoms with E-state index in [4.69, 9.17) is 0 Å². The first kappa shape index (κ1) is 17.9. The molecule has 9 heteroatoms. The Morgan fingerprint density at radius 3 is 2.86 bits per heavy atom. The number of rotatable bonds is 8. The first-order valence-corrected chi connectivity index (χ1v) is 7.33. The van der Waals surface area contributed by atoms with E-state index in [1.807, 2.05) is 13.8 Å². The van der Waals surface area contributed by atoms with Gasteiger partial charge in [0.05, 0.1) is 5.69 Å². The highest BCUT2D eigenvalue weighted by molar-refractivity contribution is 7.13. The van der Waals surface area contributed by atoms with Crippen molar-refractivity contribution in [2.75, 3.05) is 25.1 Å². The third kappa shape index (κ3) is 7.39. The third-order valence-corrected chi connectivity index (χ3v) is 3.19. The SMILES string of the molecule is CCCNC(C)c1csc(NC(=O)COCC(F)(F)F)n1. The van der Waals surface area contributed by atoms with Crippen molar-refractivity contribution in [1.29, 1.82) is 0 Å². The molecule has 0 aliphatic rings. The maximum Gasteiger partial charge on any atom is 0.411 e. The summed E-state index contributed by atoms with van der Waals surface area (Å²) in [5.41, 5.74) is 0.778. The van der Waals surface area contributed by atoms with Gasteiger partial charge in [0, 0.05) is 11.4 Å². The third-order valence-electron chi connectivity index (χ3n) is 2.41. The van der Waals surface area contributed by atoms with Gasteiger partial charge < -0.3 is 10.1 Å². The van der Waals surface area contributed by atoms with Gasteiger partial charge in [-0.2, -0.15) is 13.2 Å². The average Bonchev–Trinajstić information content (AvgIpc) is 2.82. The molecule has 0 saturated heterocycles. The Labute approximate surface area is 124 Å². The maximum absolute atomic E-state index is 11.9. The molecule has 0 saturated carbocycles. The van der Waals surface area contributed by atoms with E-state index < -0.39 is 25.3 Å². The molecular formula is C12H18F3N3O2S. The average molecular weight is 325 g/mol. The second kappa shape index (κ2) is 8.30. The predicted molar refractivity (Wildman–Crippen MR) is 74.3 cm³/mol. The highest BCUT2D eigenvalue weighted by Crippen LogP contribution is 2.20. The second-order valence-electron chi connectivity index (χ2n) is 4.41. The van der Waals surface area contributed by atoms with Crippen LogP contribution in [0, 0.1) is 0 Å². The molecule has 1 aromatic heterocycles. The number of hydrogen-bond acceptors (Lipinski definition) is 5. The molecule has 5 nitrogen and oxygen atoms in total. The molecule has 0 bridgehead atoms. The molecular weight excluding hydrogens is 307 g/mol. The summed E-state index contributed by atoms with van der Waals surface area (Å²) in [7, 11) is 0. The van der Waals surface area contributed by atoms with Crippen molar-refractivity contribution >= 4 is 22.4 Å². The highest BCUT2D eigenvalue weighted by atomic mass is 32.1. The van der Waals surface area contributed by atoms with Crippen molar-refractivity contribution in [3.63, 3.8) is 0 Å². The topological polar surface area (TPSA) is 63.2 Å². The number of carbonyl (C=O) groups excluding carboxylic acids is 1. The molecule has 0 aliphatic carbocycles. The molecule has 0 radical (unpaired) electrons. The van der Waals surface area contributed by atoms with E-state index in [9.17, 15) is 18.0 Å². The van der Waals surface area contributed by atoms with Crippen LogP contribution in [0.15, 0.2) is 5.38 Å². The Bertz CT molecular complexity index is 451. The molecule has 1 amide bonds. The van der Waals surface area contributed by atoms with Crippen LogP contribution in [-0.2, 0) is 9.53 Å². The van der Waals surface area contributed by atoms with Crippen LogP contribution in [0.4, 0.5) is 18.3 Å². The normalized spacial score (nSPS) is 13.2. The fourth-order valence-corrected chi connectivity index (χ4v) is 2.24. The number of halogens is 3. The Balaban J connectivity index is 2.38. The molecule has 1 atom stereocenters. The van der Waals surface area contributed by atoms with Crippen molar-refractivity contribution in [3.05, 3.63) is 11.1 Å². The van der Waals surface area contributed by atoms with E-state index in [1.165, 1.54) is 11.3 Å². The summed E-state index contributed by atoms with van der Waals surface area (Å²) in [6.45, 7) is 2.75. The lowest BCUT2D eigenvalue weighted by Crippen LogP contribution is -2.24. The lowest BCUT2D eigenvalue weighted by molar-refractivity contribution is -0.174. The van der Waals surface area contributed by atoms with Crippen molar-refractivity contribution in [2.45, 2.75) is 32.5 Å². The standard InChI is InChI=1S/C12H18F3N3O2S/c1-3-4-16-8(2)9-6-21-11(17-9)18-10(19)5-20-7-12(13,14)15/h6,8,16H,3-5,7H2,1-2H3,(H,17,18,19). The number of carbonyl (C=O) groups is 1. The molecule has 0 spiro atoms. The molecule has 0 aliphatic heterocycles. The number of hydrogen-bond donors (Lipinski definition) is 2. The lowest BCUT2D eigenvalue weighted by atomic mass is 10.2. The highest BCUT2D eigenvalue weighted by Gasteiger charge is 2.27. The van der Waals surface area contributed by atoms with Gasteiger partial charge in [-0.15, -0.1) is 11.3 Å². The molecule has 1 heterocycles. The minimum absolute atomic E-state index is 0.0494. The summed E-state index contributed by atoms with van der Waals surface area (Å²) in [6.07, 6.45) is -3.44. The van der Waals surface area contributed by atoms with Crippen molar-refractivity contribution in [3.8, 4) is 0 Å². The van der Waals surface area contributed by atoms with Crippen molar-refractivity contribution < 1.29 is 22.7 Å². The number of nitrogens with one attached hydrogen (secondary N) is 2. The Kier molecular flexibility index (Phi) is 7.06. The van der Waals surface area contributed by atoms with E-state index in [2.05, 4.69) is 20.4 Å².